The van der Waals surface area contributed by atoms with Gasteiger partial charge in [0.25, 0.3) is 0 Å². The number of hydrogen-bond acceptors (Lipinski definition) is 8. The highest BCUT2D eigenvalue weighted by molar-refractivity contribution is 6.76. The highest BCUT2D eigenvalue weighted by Gasteiger charge is 2.38. The lowest BCUT2D eigenvalue weighted by molar-refractivity contribution is 0.0216. The zero-order valence-corrected chi connectivity index (χ0v) is 36.3. The van der Waals surface area contributed by atoms with Crippen LogP contribution in [0.2, 0.25) is 25.7 Å². The van der Waals surface area contributed by atoms with Crippen LogP contribution in [0.5, 0.6) is 0 Å². The molecule has 2 N–H and O–H groups in total. The number of H-pyrrole nitrogens is 1. The van der Waals surface area contributed by atoms with Crippen LogP contribution in [0.4, 0.5) is 9.59 Å². The number of benzene rings is 2. The molecular weight excluding hydrogens is 735 g/mol. The van der Waals surface area contributed by atoms with Crippen LogP contribution in [0.3, 0.4) is 0 Å². The number of amides is 2. The monoisotopic (exact) mass is 795 g/mol. The first kappa shape index (κ1) is 40.6. The highest BCUT2D eigenvalue weighted by Crippen LogP contribution is 2.39. The summed E-state index contributed by atoms with van der Waals surface area (Å²) in [6.07, 6.45) is 7.00. The van der Waals surface area contributed by atoms with Crippen LogP contribution in [0.1, 0.15) is 90.7 Å². The van der Waals surface area contributed by atoms with Crippen molar-refractivity contribution in [3.8, 4) is 22.4 Å². The van der Waals surface area contributed by atoms with Gasteiger partial charge in [0, 0.05) is 57.7 Å². The molecule has 0 radical (unpaired) electrons. The first-order valence-corrected chi connectivity index (χ1v) is 24.3. The Hall–Kier alpha value is -4.62. The third-order valence-corrected chi connectivity index (χ3v) is 12.5. The van der Waals surface area contributed by atoms with Gasteiger partial charge in [-0.25, -0.2) is 14.6 Å². The van der Waals surface area contributed by atoms with E-state index in [4.69, 9.17) is 24.2 Å². The molecule has 4 aromatic rings. The average Bonchev–Trinajstić information content (AvgIpc) is 3.97. The molecule has 2 aromatic carbocycles. The molecule has 2 fully saturated rings. The summed E-state index contributed by atoms with van der Waals surface area (Å²) < 4.78 is 19.9. The van der Waals surface area contributed by atoms with Crippen molar-refractivity contribution in [3.05, 3.63) is 66.2 Å². The summed E-state index contributed by atoms with van der Waals surface area (Å²) in [6.45, 7) is 21.6. The van der Waals surface area contributed by atoms with Crippen molar-refractivity contribution in [1.82, 2.24) is 29.7 Å². The lowest BCUT2D eigenvalue weighted by atomic mass is 9.96. The fourth-order valence-electron chi connectivity index (χ4n) is 8.00. The van der Waals surface area contributed by atoms with Crippen molar-refractivity contribution in [1.29, 1.82) is 0 Å². The number of ether oxygens (including phenoxy) is 3. The SMILES string of the molecule is CC(C)(C)OC(=O)N1CCC[C@H]1C1=NC(c2ccc(-c3ccc(-c4c[nH]c([C@@H]5CCCN5C(=O)OC(C)(C)C)n4)c4c3ccn4COCC[Si](C)(C)C)cc2)CN1. The average molecular weight is 796 g/mol. The topological polar surface area (TPSA) is 126 Å². The summed E-state index contributed by atoms with van der Waals surface area (Å²) in [5, 5.41) is 4.62. The number of aromatic nitrogens is 3. The zero-order chi connectivity index (χ0) is 40.7. The molecule has 13 heteroatoms. The molecule has 2 saturated heterocycles. The molecule has 0 spiro atoms. The number of imidazole rings is 1. The zero-order valence-electron chi connectivity index (χ0n) is 35.3. The second-order valence-corrected chi connectivity index (χ2v) is 24.5. The molecule has 12 nitrogen and oxygen atoms in total. The van der Waals surface area contributed by atoms with E-state index in [0.717, 1.165) is 88.8 Å². The van der Waals surface area contributed by atoms with Crippen LogP contribution in [0.25, 0.3) is 33.3 Å². The molecule has 3 aliphatic rings. The summed E-state index contributed by atoms with van der Waals surface area (Å²) in [6, 6.07) is 16.0. The van der Waals surface area contributed by atoms with Crippen molar-refractivity contribution >= 4 is 37.0 Å². The molecule has 7 rings (SSSR count). The Balaban J connectivity index is 1.15. The number of rotatable bonds is 10. The lowest BCUT2D eigenvalue weighted by Crippen LogP contribution is -2.46. The van der Waals surface area contributed by atoms with E-state index in [0.29, 0.717) is 26.4 Å². The minimum absolute atomic E-state index is 0.0353. The van der Waals surface area contributed by atoms with Gasteiger partial charge in [0.1, 0.15) is 29.6 Å². The van der Waals surface area contributed by atoms with Crippen molar-refractivity contribution in [2.24, 2.45) is 4.99 Å². The van der Waals surface area contributed by atoms with E-state index in [1.165, 1.54) is 0 Å². The summed E-state index contributed by atoms with van der Waals surface area (Å²) in [4.78, 5) is 43.3. The third kappa shape index (κ3) is 9.41. The largest absolute Gasteiger partial charge is 0.444 e. The number of nitrogens with one attached hydrogen (secondary N) is 2. The number of amidine groups is 1. The fourth-order valence-corrected chi connectivity index (χ4v) is 8.76. The smallest absolute Gasteiger partial charge is 0.410 e. The van der Waals surface area contributed by atoms with Crippen LogP contribution in [-0.2, 0) is 20.9 Å². The first-order valence-electron chi connectivity index (χ1n) is 20.6. The van der Waals surface area contributed by atoms with E-state index in [1.54, 1.807) is 4.90 Å². The van der Waals surface area contributed by atoms with Gasteiger partial charge in [0.2, 0.25) is 0 Å². The van der Waals surface area contributed by atoms with E-state index in [9.17, 15) is 9.59 Å². The van der Waals surface area contributed by atoms with Crippen LogP contribution in [-0.4, -0.2) is 93.9 Å². The van der Waals surface area contributed by atoms with Crippen LogP contribution in [0.15, 0.2) is 59.9 Å². The molecule has 3 atom stereocenters. The van der Waals surface area contributed by atoms with Gasteiger partial charge < -0.3 is 29.1 Å². The van der Waals surface area contributed by atoms with Crippen molar-refractivity contribution in [2.75, 3.05) is 26.2 Å². The number of likely N-dealkylation sites (tertiary alicyclic amines) is 2. The normalized spacial score (nSPS) is 20.3. The molecule has 3 aliphatic heterocycles. The summed E-state index contributed by atoms with van der Waals surface area (Å²) in [5.74, 6) is 1.63. The molecular formula is C44H61N7O5Si. The number of aliphatic imine (C=N–C) groups is 1. The van der Waals surface area contributed by atoms with Crippen LogP contribution >= 0.6 is 0 Å². The minimum atomic E-state index is -1.25. The molecule has 2 aromatic heterocycles. The fraction of sp³-hybridized carbons (Fsp3) is 0.545. The predicted octanol–water partition coefficient (Wildman–Crippen LogP) is 9.53. The Morgan fingerprint density at radius 3 is 2.12 bits per heavy atom. The number of fused-ring (bicyclic) bond motifs is 1. The quantitative estimate of drug-likeness (QED) is 0.121. The van der Waals surface area contributed by atoms with Gasteiger partial charge in [-0.1, -0.05) is 50.0 Å². The summed E-state index contributed by atoms with van der Waals surface area (Å²) in [7, 11) is -1.25. The van der Waals surface area contributed by atoms with Gasteiger partial charge in [-0.3, -0.25) is 14.8 Å². The van der Waals surface area contributed by atoms with Gasteiger partial charge in [0.05, 0.1) is 29.3 Å². The van der Waals surface area contributed by atoms with Gasteiger partial charge in [0.15, 0.2) is 0 Å². The molecule has 2 amide bonds. The molecule has 0 bridgehead atoms. The first-order chi connectivity index (χ1) is 26.9. The van der Waals surface area contributed by atoms with Crippen molar-refractivity contribution in [2.45, 2.75) is 129 Å². The number of aromatic amines is 1. The van der Waals surface area contributed by atoms with E-state index in [-0.39, 0.29) is 30.3 Å². The number of carbonyl (C=O) groups is 2. The van der Waals surface area contributed by atoms with E-state index >= 15 is 0 Å². The van der Waals surface area contributed by atoms with Crippen LogP contribution < -0.4 is 5.32 Å². The number of hydrogen-bond donors (Lipinski definition) is 2. The summed E-state index contributed by atoms with van der Waals surface area (Å²) >= 11 is 0. The standard InChI is InChI=1S/C44H61N7O5Si/c1-43(2,3)55-41(52)50-21-10-12-36(50)39-45-26-34(47-39)30-16-14-29(15-17-30)31-18-19-33(38-32(31)20-23-49(38)28-54-24-25-57(7,8)9)35-27-46-40(48-35)37-13-11-22-51(37)42(53)56-44(4,5)6/h14-20,23,27,34,36-37H,10-13,21-22,24-26,28H2,1-9H3,(H,45,47)(H,46,48)/t34?,36-,37-/m0/s1. The van der Waals surface area contributed by atoms with Gasteiger partial charge in [-0.05, 0) is 102 Å². The maximum Gasteiger partial charge on any atom is 0.410 e. The van der Waals surface area contributed by atoms with Crippen LogP contribution in [0, 0.1) is 0 Å². The molecule has 1 unspecified atom stereocenters. The van der Waals surface area contributed by atoms with Gasteiger partial charge in [-0.2, -0.15) is 0 Å². The van der Waals surface area contributed by atoms with Crippen molar-refractivity contribution in [3.63, 3.8) is 0 Å². The Kier molecular flexibility index (Phi) is 11.4. The Labute approximate surface area is 338 Å². The van der Waals surface area contributed by atoms with E-state index < -0.39 is 19.3 Å². The Bertz CT molecular complexity index is 2100. The number of carbonyl (C=O) groups excluding carboxylic acids is 2. The maximum absolute atomic E-state index is 13.1. The summed E-state index contributed by atoms with van der Waals surface area (Å²) in [5.41, 5.74) is 5.12. The second kappa shape index (κ2) is 16.0. The Morgan fingerprint density at radius 2 is 1.47 bits per heavy atom. The second-order valence-electron chi connectivity index (χ2n) is 18.9. The number of nitrogens with zero attached hydrogens (tertiary/aromatic N) is 5. The molecule has 0 aliphatic carbocycles. The maximum atomic E-state index is 13.1. The predicted molar refractivity (Wildman–Crippen MR) is 228 cm³/mol. The minimum Gasteiger partial charge on any atom is -0.444 e. The Morgan fingerprint density at radius 1 is 0.842 bits per heavy atom. The molecule has 0 saturated carbocycles. The van der Waals surface area contributed by atoms with Gasteiger partial charge in [-0.15, -0.1) is 0 Å². The molecule has 5 heterocycles. The van der Waals surface area contributed by atoms with E-state index in [1.807, 2.05) is 52.6 Å². The molecule has 57 heavy (non-hydrogen) atoms. The third-order valence-electron chi connectivity index (χ3n) is 10.8. The van der Waals surface area contributed by atoms with Crippen molar-refractivity contribution < 1.29 is 23.8 Å². The highest BCUT2D eigenvalue weighted by atomic mass is 28.3. The van der Waals surface area contributed by atoms with Gasteiger partial charge >= 0.3 is 12.2 Å². The lowest BCUT2D eigenvalue weighted by Gasteiger charge is -2.28. The molecule has 306 valence electrons. The van der Waals surface area contributed by atoms with E-state index in [2.05, 4.69) is 83.2 Å².